The average molecular weight is 328 g/mol. The molecule has 0 amide bonds. The maximum absolute atomic E-state index is 11.8. The minimum Gasteiger partial charge on any atom is -0.295 e. The van der Waals surface area contributed by atoms with E-state index in [0.29, 0.717) is 0 Å². The summed E-state index contributed by atoms with van der Waals surface area (Å²) >= 11 is 0. The van der Waals surface area contributed by atoms with Crippen LogP contribution in [0, 0.1) is 13.8 Å². The Bertz CT molecular complexity index is 753. The van der Waals surface area contributed by atoms with E-state index in [-0.39, 0.29) is 11.6 Å². The highest BCUT2D eigenvalue weighted by molar-refractivity contribution is 8.76. The normalized spacial score (nSPS) is 12.5. The van der Waals surface area contributed by atoms with Crippen molar-refractivity contribution in [3.63, 3.8) is 0 Å². The number of hydrogen-bond acceptors (Lipinski definition) is 4. The molecule has 2 nitrogen and oxygen atoms in total. The maximum Gasteiger partial charge on any atom is 0.160 e. The molecule has 22 heavy (non-hydrogen) atoms. The second kappa shape index (κ2) is 5.60. The molecule has 2 aromatic rings. The van der Waals surface area contributed by atoms with E-state index in [1.165, 1.54) is 0 Å². The molecule has 2 aromatic carbocycles. The molecule has 0 saturated heterocycles. The highest BCUT2D eigenvalue weighted by atomic mass is 33.1. The van der Waals surface area contributed by atoms with Gasteiger partial charge in [0.1, 0.15) is 0 Å². The largest absolute Gasteiger partial charge is 0.295 e. The zero-order valence-corrected chi connectivity index (χ0v) is 14.6. The van der Waals surface area contributed by atoms with Gasteiger partial charge >= 0.3 is 0 Å². The number of benzene rings is 2. The Morgan fingerprint density at radius 3 is 1.41 bits per heavy atom. The number of rotatable bonds is 2. The van der Waals surface area contributed by atoms with Crippen LogP contribution in [0.4, 0.5) is 0 Å². The highest BCUT2D eigenvalue weighted by Crippen LogP contribution is 2.52. The van der Waals surface area contributed by atoms with Crippen molar-refractivity contribution in [2.24, 2.45) is 0 Å². The van der Waals surface area contributed by atoms with E-state index >= 15 is 0 Å². The van der Waals surface area contributed by atoms with Crippen LogP contribution in [0.2, 0.25) is 0 Å². The fourth-order valence-electron chi connectivity index (χ4n) is 2.77. The highest BCUT2D eigenvalue weighted by Gasteiger charge is 2.22. The summed E-state index contributed by atoms with van der Waals surface area (Å²) in [6.45, 7) is 7.12. The number of carbonyl (C=O) groups excluding carboxylic acids is 2. The third kappa shape index (κ3) is 2.50. The van der Waals surface area contributed by atoms with E-state index in [4.69, 9.17) is 0 Å². The van der Waals surface area contributed by atoms with Crippen LogP contribution in [0.5, 0.6) is 0 Å². The number of hydrogen-bond donors (Lipinski definition) is 0. The van der Waals surface area contributed by atoms with Crippen molar-refractivity contribution >= 4 is 33.2 Å². The summed E-state index contributed by atoms with van der Waals surface area (Å²) in [6.07, 6.45) is 0. The lowest BCUT2D eigenvalue weighted by molar-refractivity contribution is 0.100. The molecule has 112 valence electrons. The Labute approximate surface area is 138 Å². The number of ketones is 2. The van der Waals surface area contributed by atoms with E-state index < -0.39 is 0 Å². The standard InChI is InChI=1S/C18H16O2S2/c1-9-5-17-15(7-13(9)11(3)19)16-8-14(12(4)20)10(2)6-18(16)22-21-17/h5-8H,1-4H3. The summed E-state index contributed by atoms with van der Waals surface area (Å²) in [6, 6.07) is 8.08. The van der Waals surface area contributed by atoms with E-state index in [2.05, 4.69) is 12.1 Å². The van der Waals surface area contributed by atoms with Gasteiger partial charge in [0.25, 0.3) is 0 Å². The summed E-state index contributed by atoms with van der Waals surface area (Å²) in [7, 11) is 3.42. The quantitative estimate of drug-likeness (QED) is 0.539. The Morgan fingerprint density at radius 1 is 0.727 bits per heavy atom. The number of carbonyl (C=O) groups is 2. The second-order valence-electron chi connectivity index (χ2n) is 5.61. The lowest BCUT2D eigenvalue weighted by atomic mass is 9.94. The van der Waals surface area contributed by atoms with Crippen LogP contribution in [0.15, 0.2) is 34.1 Å². The molecule has 0 bridgehead atoms. The van der Waals surface area contributed by atoms with Crippen LogP contribution < -0.4 is 0 Å². The molecule has 0 aliphatic carbocycles. The van der Waals surface area contributed by atoms with Crippen molar-refractivity contribution in [2.45, 2.75) is 37.5 Å². The van der Waals surface area contributed by atoms with Gasteiger partial charge in [0.05, 0.1) is 0 Å². The summed E-state index contributed by atoms with van der Waals surface area (Å²) in [5.74, 6) is 0.146. The molecule has 0 aromatic heterocycles. The van der Waals surface area contributed by atoms with Gasteiger partial charge in [-0.1, -0.05) is 21.6 Å². The minimum atomic E-state index is 0.0731. The van der Waals surface area contributed by atoms with Gasteiger partial charge in [-0.05, 0) is 74.2 Å². The monoisotopic (exact) mass is 328 g/mol. The van der Waals surface area contributed by atoms with E-state index in [0.717, 1.165) is 43.2 Å². The molecule has 0 atom stereocenters. The predicted molar refractivity (Wildman–Crippen MR) is 93.1 cm³/mol. The van der Waals surface area contributed by atoms with E-state index in [1.807, 2.05) is 26.0 Å². The fraction of sp³-hybridized carbons (Fsp3) is 0.222. The molecule has 1 aliphatic heterocycles. The Morgan fingerprint density at radius 2 is 1.09 bits per heavy atom. The minimum absolute atomic E-state index is 0.0731. The number of Topliss-reactive ketones (excluding diaryl/α,β-unsaturated/α-hetero) is 2. The van der Waals surface area contributed by atoms with E-state index in [1.54, 1.807) is 35.4 Å². The number of aryl methyl sites for hydroxylation is 2. The van der Waals surface area contributed by atoms with Crippen molar-refractivity contribution in [3.05, 3.63) is 46.5 Å². The molecule has 1 heterocycles. The molecule has 3 rings (SSSR count). The first-order valence-corrected chi connectivity index (χ1v) is 9.19. The average Bonchev–Trinajstić information content (AvgIpc) is 2.45. The summed E-state index contributed by atoms with van der Waals surface area (Å²) in [4.78, 5) is 26.0. The van der Waals surface area contributed by atoms with Gasteiger partial charge in [-0.25, -0.2) is 0 Å². The second-order valence-corrected chi connectivity index (χ2v) is 7.82. The van der Waals surface area contributed by atoms with Crippen molar-refractivity contribution in [1.29, 1.82) is 0 Å². The van der Waals surface area contributed by atoms with Crippen LogP contribution in [0.1, 0.15) is 45.7 Å². The maximum atomic E-state index is 11.8. The SMILES string of the molecule is CC(=O)c1cc2c(cc1C)SSc1cc(C)c(C(C)=O)cc1-2. The topological polar surface area (TPSA) is 34.1 Å². The van der Waals surface area contributed by atoms with Crippen molar-refractivity contribution in [3.8, 4) is 11.1 Å². The number of fused-ring (bicyclic) bond motifs is 3. The van der Waals surface area contributed by atoms with Crippen LogP contribution >= 0.6 is 21.6 Å². The molecule has 0 spiro atoms. The Balaban J connectivity index is 2.28. The molecule has 0 N–H and O–H groups in total. The van der Waals surface area contributed by atoms with Crippen molar-refractivity contribution < 1.29 is 9.59 Å². The summed E-state index contributed by atoms with van der Waals surface area (Å²) in [5, 5.41) is 0. The van der Waals surface area contributed by atoms with Crippen molar-refractivity contribution in [2.75, 3.05) is 0 Å². The van der Waals surface area contributed by atoms with Crippen LogP contribution in [0.3, 0.4) is 0 Å². The first-order valence-electron chi connectivity index (χ1n) is 7.04. The van der Waals surface area contributed by atoms with Crippen LogP contribution in [-0.4, -0.2) is 11.6 Å². The molecular weight excluding hydrogens is 312 g/mol. The summed E-state index contributed by atoms with van der Waals surface area (Å²) < 4.78 is 0. The molecule has 1 aliphatic rings. The predicted octanol–water partition coefficient (Wildman–Crippen LogP) is 5.49. The van der Waals surface area contributed by atoms with Gasteiger partial charge < -0.3 is 0 Å². The van der Waals surface area contributed by atoms with Gasteiger partial charge in [0, 0.05) is 20.9 Å². The molecule has 0 radical (unpaired) electrons. The lowest BCUT2D eigenvalue weighted by Gasteiger charge is -2.21. The zero-order valence-electron chi connectivity index (χ0n) is 12.9. The van der Waals surface area contributed by atoms with Gasteiger partial charge in [0.2, 0.25) is 0 Å². The van der Waals surface area contributed by atoms with Gasteiger partial charge in [-0.3, -0.25) is 9.59 Å². The lowest BCUT2D eigenvalue weighted by Crippen LogP contribution is -2.02. The summed E-state index contributed by atoms with van der Waals surface area (Å²) in [5.41, 5.74) is 5.61. The first-order chi connectivity index (χ1) is 10.4. The zero-order chi connectivity index (χ0) is 16.0. The van der Waals surface area contributed by atoms with Crippen LogP contribution in [-0.2, 0) is 0 Å². The van der Waals surface area contributed by atoms with Gasteiger partial charge in [0.15, 0.2) is 11.6 Å². The molecular formula is C18H16O2S2. The third-order valence-electron chi connectivity index (χ3n) is 3.92. The van der Waals surface area contributed by atoms with E-state index in [9.17, 15) is 9.59 Å². The Kier molecular flexibility index (Phi) is 3.91. The van der Waals surface area contributed by atoms with Crippen LogP contribution in [0.25, 0.3) is 11.1 Å². The molecule has 0 fully saturated rings. The smallest absolute Gasteiger partial charge is 0.160 e. The molecule has 0 unspecified atom stereocenters. The molecule has 4 heteroatoms. The van der Waals surface area contributed by atoms with Gasteiger partial charge in [-0.2, -0.15) is 0 Å². The third-order valence-corrected chi connectivity index (χ3v) is 6.37. The fourth-order valence-corrected chi connectivity index (χ4v) is 5.28. The first kappa shape index (κ1) is 15.4. The Hall–Kier alpha value is -1.52. The van der Waals surface area contributed by atoms with Gasteiger partial charge in [-0.15, -0.1) is 0 Å². The molecule has 0 saturated carbocycles. The van der Waals surface area contributed by atoms with Crippen molar-refractivity contribution in [1.82, 2.24) is 0 Å².